The topological polar surface area (TPSA) is 78.9 Å². The normalized spacial score (nSPS) is 12.5. The first-order valence-corrected chi connectivity index (χ1v) is 7.35. The molecule has 0 spiro atoms. The van der Waals surface area contributed by atoms with Crippen LogP contribution in [0.4, 0.5) is 0 Å². The van der Waals surface area contributed by atoms with Crippen molar-refractivity contribution < 1.29 is 28.6 Å². The number of hydrogen-bond donors (Lipinski definition) is 0. The Morgan fingerprint density at radius 3 is 1.36 bits per heavy atom. The molecular formula is C16H28O6. The summed E-state index contributed by atoms with van der Waals surface area (Å²) >= 11 is 0. The van der Waals surface area contributed by atoms with Crippen LogP contribution in [0, 0.1) is 5.41 Å². The van der Waals surface area contributed by atoms with E-state index in [4.69, 9.17) is 14.2 Å². The fraction of sp³-hybridized carbons (Fsp3) is 0.812. The van der Waals surface area contributed by atoms with Crippen molar-refractivity contribution in [1.29, 1.82) is 0 Å². The summed E-state index contributed by atoms with van der Waals surface area (Å²) in [5.41, 5.74) is -3.78. The molecule has 0 bridgehead atoms. The molecule has 0 heterocycles. The molecule has 0 aromatic rings. The zero-order chi connectivity index (χ0) is 17.8. The van der Waals surface area contributed by atoms with Gasteiger partial charge in [-0.05, 0) is 48.0 Å². The highest BCUT2D eigenvalue weighted by molar-refractivity contribution is 6.18. The average molecular weight is 316 g/mol. The number of rotatable bonds is 5. The van der Waals surface area contributed by atoms with Crippen molar-refractivity contribution in [2.75, 3.05) is 7.11 Å². The molecule has 0 saturated heterocycles. The molecule has 0 aromatic carbocycles. The first-order chi connectivity index (χ1) is 9.80. The first-order valence-electron chi connectivity index (χ1n) is 7.35. The van der Waals surface area contributed by atoms with Gasteiger partial charge >= 0.3 is 17.9 Å². The number of hydrogen-bond acceptors (Lipinski definition) is 6. The molecule has 6 nitrogen and oxygen atoms in total. The van der Waals surface area contributed by atoms with Crippen molar-refractivity contribution >= 4 is 17.9 Å². The van der Waals surface area contributed by atoms with Gasteiger partial charge in [0.2, 0.25) is 0 Å². The summed E-state index contributed by atoms with van der Waals surface area (Å²) in [4.78, 5) is 37.4. The van der Waals surface area contributed by atoms with Crippen LogP contribution in [0.3, 0.4) is 0 Å². The van der Waals surface area contributed by atoms with Crippen molar-refractivity contribution in [3.8, 4) is 0 Å². The predicted molar refractivity (Wildman–Crippen MR) is 81.0 cm³/mol. The van der Waals surface area contributed by atoms with Gasteiger partial charge in [0.25, 0.3) is 5.41 Å². The standard InChI is InChI=1S/C16H28O6/c1-9-10-16(11(17)20-8,12(18)21-14(2,3)4)13(19)22-15(5,6)7/h9-10H2,1-8H3. The monoisotopic (exact) mass is 316 g/mol. The Kier molecular flexibility index (Phi) is 6.60. The predicted octanol–water partition coefficient (Wildman–Crippen LogP) is 2.63. The van der Waals surface area contributed by atoms with Gasteiger partial charge in [0.1, 0.15) is 11.2 Å². The molecule has 128 valence electrons. The van der Waals surface area contributed by atoms with Gasteiger partial charge in [0.15, 0.2) is 0 Å². The minimum absolute atomic E-state index is 0.0382. The lowest BCUT2D eigenvalue weighted by atomic mass is 9.82. The highest BCUT2D eigenvalue weighted by Crippen LogP contribution is 2.33. The van der Waals surface area contributed by atoms with Gasteiger partial charge in [-0.2, -0.15) is 0 Å². The van der Waals surface area contributed by atoms with E-state index < -0.39 is 34.5 Å². The lowest BCUT2D eigenvalue weighted by molar-refractivity contribution is -0.193. The summed E-state index contributed by atoms with van der Waals surface area (Å²) in [5.74, 6) is -2.84. The summed E-state index contributed by atoms with van der Waals surface area (Å²) in [6.07, 6.45) is 0.372. The number of carbonyl (C=O) groups is 3. The van der Waals surface area contributed by atoms with Gasteiger partial charge in [0.05, 0.1) is 7.11 Å². The summed E-state index contributed by atoms with van der Waals surface area (Å²) in [6, 6.07) is 0. The van der Waals surface area contributed by atoms with Crippen molar-refractivity contribution in [3.05, 3.63) is 0 Å². The van der Waals surface area contributed by atoms with Gasteiger partial charge in [-0.15, -0.1) is 0 Å². The van der Waals surface area contributed by atoms with Crippen LogP contribution in [0.2, 0.25) is 0 Å². The minimum Gasteiger partial charge on any atom is -0.468 e. The Bertz CT molecular complexity index is 397. The van der Waals surface area contributed by atoms with E-state index >= 15 is 0 Å². The van der Waals surface area contributed by atoms with Crippen LogP contribution in [0.15, 0.2) is 0 Å². The molecule has 0 aliphatic rings. The molecule has 0 aliphatic heterocycles. The third-order valence-corrected chi connectivity index (χ3v) is 2.65. The van der Waals surface area contributed by atoms with E-state index in [0.29, 0.717) is 6.42 Å². The van der Waals surface area contributed by atoms with E-state index in [2.05, 4.69) is 0 Å². The molecule has 0 N–H and O–H groups in total. The van der Waals surface area contributed by atoms with E-state index in [1.165, 1.54) is 0 Å². The van der Waals surface area contributed by atoms with E-state index in [1.807, 2.05) is 0 Å². The Balaban J connectivity index is 5.86. The SMILES string of the molecule is CCCC(C(=O)OC)(C(=O)OC(C)(C)C)C(=O)OC(C)(C)C. The average Bonchev–Trinajstić information content (AvgIpc) is 2.30. The fourth-order valence-corrected chi connectivity index (χ4v) is 1.84. The van der Waals surface area contributed by atoms with Crippen molar-refractivity contribution in [3.63, 3.8) is 0 Å². The maximum atomic E-state index is 12.6. The third-order valence-electron chi connectivity index (χ3n) is 2.65. The van der Waals surface area contributed by atoms with Gasteiger partial charge in [-0.3, -0.25) is 14.4 Å². The second-order valence-corrected chi connectivity index (χ2v) is 7.15. The van der Waals surface area contributed by atoms with Gasteiger partial charge in [-0.1, -0.05) is 13.3 Å². The molecule has 22 heavy (non-hydrogen) atoms. The Hall–Kier alpha value is -1.59. The lowest BCUT2D eigenvalue weighted by Gasteiger charge is -2.32. The Morgan fingerprint density at radius 2 is 1.14 bits per heavy atom. The molecule has 0 unspecified atom stereocenters. The van der Waals surface area contributed by atoms with E-state index in [9.17, 15) is 14.4 Å². The fourth-order valence-electron chi connectivity index (χ4n) is 1.84. The molecular weight excluding hydrogens is 288 g/mol. The number of carbonyl (C=O) groups excluding carboxylic acids is 3. The number of esters is 3. The zero-order valence-electron chi connectivity index (χ0n) is 14.9. The van der Waals surface area contributed by atoms with Crippen molar-refractivity contribution in [2.24, 2.45) is 5.41 Å². The summed E-state index contributed by atoms with van der Waals surface area (Å²) in [7, 11) is 1.13. The van der Waals surface area contributed by atoms with Crippen LogP contribution in [-0.2, 0) is 28.6 Å². The summed E-state index contributed by atoms with van der Waals surface area (Å²) in [6.45, 7) is 11.7. The highest BCUT2D eigenvalue weighted by Gasteiger charge is 2.58. The zero-order valence-corrected chi connectivity index (χ0v) is 14.9. The Morgan fingerprint density at radius 1 is 0.773 bits per heavy atom. The molecule has 0 rings (SSSR count). The minimum atomic E-state index is -2.09. The first kappa shape index (κ1) is 20.4. The van der Waals surface area contributed by atoms with Crippen LogP contribution < -0.4 is 0 Å². The van der Waals surface area contributed by atoms with Crippen LogP contribution in [0.1, 0.15) is 61.3 Å². The van der Waals surface area contributed by atoms with Gasteiger partial charge in [-0.25, -0.2) is 0 Å². The summed E-state index contributed by atoms with van der Waals surface area (Å²) < 4.78 is 15.2. The van der Waals surface area contributed by atoms with Crippen LogP contribution >= 0.6 is 0 Å². The molecule has 0 saturated carbocycles. The maximum Gasteiger partial charge on any atom is 0.335 e. The lowest BCUT2D eigenvalue weighted by Crippen LogP contribution is -2.52. The highest BCUT2D eigenvalue weighted by atomic mass is 16.6. The maximum absolute atomic E-state index is 12.6. The number of ether oxygens (including phenoxy) is 3. The third kappa shape index (κ3) is 5.31. The largest absolute Gasteiger partial charge is 0.468 e. The van der Waals surface area contributed by atoms with E-state index in [-0.39, 0.29) is 6.42 Å². The van der Waals surface area contributed by atoms with Crippen molar-refractivity contribution in [1.82, 2.24) is 0 Å². The molecule has 0 aromatic heterocycles. The second kappa shape index (κ2) is 7.11. The molecule has 6 heteroatoms. The molecule has 0 atom stereocenters. The number of methoxy groups -OCH3 is 1. The summed E-state index contributed by atoms with van der Waals surface area (Å²) in [5, 5.41) is 0. The molecule has 0 amide bonds. The molecule has 0 aliphatic carbocycles. The van der Waals surface area contributed by atoms with E-state index in [0.717, 1.165) is 7.11 Å². The van der Waals surface area contributed by atoms with Crippen LogP contribution in [-0.4, -0.2) is 36.2 Å². The Labute approximate surface area is 132 Å². The van der Waals surface area contributed by atoms with Crippen LogP contribution in [0.5, 0.6) is 0 Å². The van der Waals surface area contributed by atoms with Crippen LogP contribution in [0.25, 0.3) is 0 Å². The van der Waals surface area contributed by atoms with E-state index in [1.54, 1.807) is 48.5 Å². The molecule has 0 radical (unpaired) electrons. The van der Waals surface area contributed by atoms with Gasteiger partial charge in [0, 0.05) is 0 Å². The second-order valence-electron chi connectivity index (χ2n) is 7.15. The van der Waals surface area contributed by atoms with Gasteiger partial charge < -0.3 is 14.2 Å². The quantitative estimate of drug-likeness (QED) is 0.441. The van der Waals surface area contributed by atoms with Crippen molar-refractivity contribution in [2.45, 2.75) is 72.5 Å². The molecule has 0 fully saturated rings. The smallest absolute Gasteiger partial charge is 0.335 e.